The number of nitrogens with zero attached hydrogens (tertiary/aromatic N) is 1. The maximum absolute atomic E-state index is 12.1. The first-order valence-electron chi connectivity index (χ1n) is 6.81. The summed E-state index contributed by atoms with van der Waals surface area (Å²) in [6, 6.07) is 5.78. The Morgan fingerprint density at radius 3 is 2.90 bits per heavy atom. The van der Waals surface area contributed by atoms with Crippen molar-refractivity contribution < 1.29 is 4.79 Å². The molecule has 1 aromatic carbocycles. The van der Waals surface area contributed by atoms with Crippen molar-refractivity contribution in [2.75, 3.05) is 18.4 Å². The van der Waals surface area contributed by atoms with E-state index >= 15 is 0 Å². The van der Waals surface area contributed by atoms with Gasteiger partial charge in [0.1, 0.15) is 5.82 Å². The summed E-state index contributed by atoms with van der Waals surface area (Å²) >= 11 is 0. The van der Waals surface area contributed by atoms with Gasteiger partial charge in [-0.3, -0.25) is 4.79 Å². The van der Waals surface area contributed by atoms with E-state index in [0.717, 1.165) is 23.6 Å². The van der Waals surface area contributed by atoms with E-state index < -0.39 is 0 Å². The average Bonchev–Trinajstić information content (AvgIpc) is 2.92. The molecule has 2 aromatic rings. The molecule has 0 aliphatic heterocycles. The van der Waals surface area contributed by atoms with Gasteiger partial charge >= 0.3 is 0 Å². The van der Waals surface area contributed by atoms with Crippen LogP contribution in [0.3, 0.4) is 0 Å². The summed E-state index contributed by atoms with van der Waals surface area (Å²) in [6.07, 6.45) is 4.19. The Balaban J connectivity index is 1.91. The van der Waals surface area contributed by atoms with Crippen LogP contribution in [0.1, 0.15) is 28.7 Å². The van der Waals surface area contributed by atoms with Gasteiger partial charge in [0.05, 0.1) is 0 Å². The number of aromatic amines is 1. The lowest BCUT2D eigenvalue weighted by Crippen LogP contribution is -2.26. The Morgan fingerprint density at radius 2 is 2.25 bits per heavy atom. The van der Waals surface area contributed by atoms with E-state index in [-0.39, 0.29) is 5.91 Å². The summed E-state index contributed by atoms with van der Waals surface area (Å²) in [5.74, 6) is 0.835. The standard InChI is InChI=1S/C15H20N4O/c1-3-16-12-4-5-13(11(2)10-12)15(20)19-7-6-14-17-8-9-18-14/h4-5,8-10,16H,3,6-7H2,1-2H3,(H,17,18)(H,19,20). The third-order valence-corrected chi connectivity index (χ3v) is 3.05. The van der Waals surface area contributed by atoms with Crippen molar-refractivity contribution >= 4 is 11.6 Å². The number of amides is 1. The minimum absolute atomic E-state index is 0.0443. The van der Waals surface area contributed by atoms with Crippen LogP contribution in [0, 0.1) is 6.92 Å². The van der Waals surface area contributed by atoms with E-state index in [9.17, 15) is 4.79 Å². The lowest BCUT2D eigenvalue weighted by Gasteiger charge is -2.10. The first-order chi connectivity index (χ1) is 9.70. The van der Waals surface area contributed by atoms with Crippen LogP contribution in [0.25, 0.3) is 0 Å². The van der Waals surface area contributed by atoms with Crippen molar-refractivity contribution in [1.29, 1.82) is 0 Å². The highest BCUT2D eigenvalue weighted by Crippen LogP contribution is 2.14. The van der Waals surface area contributed by atoms with E-state index in [1.54, 1.807) is 12.4 Å². The van der Waals surface area contributed by atoms with Crippen molar-refractivity contribution in [3.8, 4) is 0 Å². The molecule has 106 valence electrons. The zero-order chi connectivity index (χ0) is 14.4. The van der Waals surface area contributed by atoms with Crippen LogP contribution >= 0.6 is 0 Å². The number of nitrogens with one attached hydrogen (secondary N) is 3. The fourth-order valence-corrected chi connectivity index (χ4v) is 2.06. The van der Waals surface area contributed by atoms with Crippen molar-refractivity contribution in [2.45, 2.75) is 20.3 Å². The number of rotatable bonds is 6. The molecule has 0 spiro atoms. The first kappa shape index (κ1) is 14.1. The Morgan fingerprint density at radius 1 is 1.40 bits per heavy atom. The topological polar surface area (TPSA) is 69.8 Å². The zero-order valence-corrected chi connectivity index (χ0v) is 11.9. The SMILES string of the molecule is CCNc1ccc(C(=O)NCCc2ncc[nH]2)c(C)c1. The van der Waals surface area contributed by atoms with Crippen molar-refractivity contribution in [3.63, 3.8) is 0 Å². The highest BCUT2D eigenvalue weighted by Gasteiger charge is 2.09. The van der Waals surface area contributed by atoms with E-state index in [2.05, 4.69) is 20.6 Å². The van der Waals surface area contributed by atoms with E-state index in [1.807, 2.05) is 32.0 Å². The number of aryl methyl sites for hydroxylation is 1. The van der Waals surface area contributed by atoms with Gasteiger partial charge in [-0.15, -0.1) is 0 Å². The number of carbonyl (C=O) groups excluding carboxylic acids is 1. The van der Waals surface area contributed by atoms with Gasteiger partial charge < -0.3 is 15.6 Å². The maximum Gasteiger partial charge on any atom is 0.251 e. The van der Waals surface area contributed by atoms with Crippen LogP contribution in [0.15, 0.2) is 30.6 Å². The number of carbonyl (C=O) groups is 1. The highest BCUT2D eigenvalue weighted by atomic mass is 16.1. The predicted octanol–water partition coefficient (Wildman–Crippen LogP) is 2.12. The molecular formula is C15H20N4O. The monoisotopic (exact) mass is 272 g/mol. The summed E-state index contributed by atoms with van der Waals surface area (Å²) < 4.78 is 0. The number of anilines is 1. The Hall–Kier alpha value is -2.30. The third-order valence-electron chi connectivity index (χ3n) is 3.05. The number of benzene rings is 1. The van der Waals surface area contributed by atoms with Gasteiger partial charge in [-0.1, -0.05) is 0 Å². The van der Waals surface area contributed by atoms with Gasteiger partial charge in [-0.25, -0.2) is 4.98 Å². The molecule has 0 fully saturated rings. The number of H-pyrrole nitrogens is 1. The number of imidazole rings is 1. The lowest BCUT2D eigenvalue weighted by atomic mass is 10.1. The quantitative estimate of drug-likeness (QED) is 0.754. The van der Waals surface area contributed by atoms with Gasteiger partial charge in [0, 0.05) is 43.2 Å². The van der Waals surface area contributed by atoms with Crippen molar-refractivity contribution in [2.24, 2.45) is 0 Å². The molecule has 0 atom stereocenters. The summed E-state index contributed by atoms with van der Waals surface area (Å²) in [5.41, 5.74) is 2.72. The lowest BCUT2D eigenvalue weighted by molar-refractivity contribution is 0.0953. The number of hydrogen-bond donors (Lipinski definition) is 3. The molecule has 0 unspecified atom stereocenters. The molecule has 0 saturated heterocycles. The molecule has 3 N–H and O–H groups in total. The molecule has 2 rings (SSSR count). The molecule has 1 heterocycles. The molecule has 0 saturated carbocycles. The van der Waals surface area contributed by atoms with Gasteiger partial charge in [0.15, 0.2) is 0 Å². The van der Waals surface area contributed by atoms with E-state index in [0.29, 0.717) is 18.5 Å². The number of aromatic nitrogens is 2. The molecule has 0 aliphatic carbocycles. The van der Waals surface area contributed by atoms with Gasteiger partial charge in [-0.2, -0.15) is 0 Å². The minimum Gasteiger partial charge on any atom is -0.385 e. The van der Waals surface area contributed by atoms with Crippen LogP contribution in [0.2, 0.25) is 0 Å². The van der Waals surface area contributed by atoms with Crippen LogP contribution in [0.5, 0.6) is 0 Å². The van der Waals surface area contributed by atoms with E-state index in [4.69, 9.17) is 0 Å². The van der Waals surface area contributed by atoms with Crippen molar-refractivity contribution in [1.82, 2.24) is 15.3 Å². The average molecular weight is 272 g/mol. The molecule has 0 bridgehead atoms. The second-order valence-electron chi connectivity index (χ2n) is 4.60. The van der Waals surface area contributed by atoms with Gasteiger partial charge in [0.25, 0.3) is 5.91 Å². The molecule has 1 amide bonds. The van der Waals surface area contributed by atoms with Crippen molar-refractivity contribution in [3.05, 3.63) is 47.5 Å². The predicted molar refractivity (Wildman–Crippen MR) is 80.0 cm³/mol. The minimum atomic E-state index is -0.0443. The highest BCUT2D eigenvalue weighted by molar-refractivity contribution is 5.96. The van der Waals surface area contributed by atoms with Crippen LogP contribution < -0.4 is 10.6 Å². The van der Waals surface area contributed by atoms with E-state index in [1.165, 1.54) is 0 Å². The maximum atomic E-state index is 12.1. The fraction of sp³-hybridized carbons (Fsp3) is 0.333. The summed E-state index contributed by atoms with van der Waals surface area (Å²) in [4.78, 5) is 19.2. The number of hydrogen-bond acceptors (Lipinski definition) is 3. The smallest absolute Gasteiger partial charge is 0.251 e. The Bertz CT molecular complexity index is 563. The fourth-order valence-electron chi connectivity index (χ4n) is 2.06. The summed E-state index contributed by atoms with van der Waals surface area (Å²) in [5, 5.41) is 6.14. The van der Waals surface area contributed by atoms with Crippen LogP contribution in [-0.4, -0.2) is 29.0 Å². The normalized spacial score (nSPS) is 10.3. The molecule has 1 aromatic heterocycles. The third kappa shape index (κ3) is 3.60. The summed E-state index contributed by atoms with van der Waals surface area (Å²) in [6.45, 7) is 5.43. The van der Waals surface area contributed by atoms with Crippen LogP contribution in [-0.2, 0) is 6.42 Å². The molecule has 0 radical (unpaired) electrons. The molecular weight excluding hydrogens is 252 g/mol. The second kappa shape index (κ2) is 6.75. The molecule has 5 nitrogen and oxygen atoms in total. The Kier molecular flexibility index (Phi) is 4.76. The zero-order valence-electron chi connectivity index (χ0n) is 11.9. The second-order valence-corrected chi connectivity index (χ2v) is 4.60. The molecule has 5 heteroatoms. The largest absolute Gasteiger partial charge is 0.385 e. The first-order valence-corrected chi connectivity index (χ1v) is 6.81. The van der Waals surface area contributed by atoms with Gasteiger partial charge in [-0.05, 0) is 37.6 Å². The van der Waals surface area contributed by atoms with Crippen LogP contribution in [0.4, 0.5) is 5.69 Å². The Labute approximate surface area is 118 Å². The summed E-state index contributed by atoms with van der Waals surface area (Å²) in [7, 11) is 0. The molecule has 20 heavy (non-hydrogen) atoms. The molecule has 0 aliphatic rings. The van der Waals surface area contributed by atoms with Gasteiger partial charge in [0.2, 0.25) is 0 Å².